The molecule has 1 aliphatic heterocycles. The largest absolute Gasteiger partial charge is 0.362 e. The fourth-order valence-corrected chi connectivity index (χ4v) is 5.06. The van der Waals surface area contributed by atoms with Gasteiger partial charge in [0.1, 0.15) is 5.82 Å². The molecule has 2 atom stereocenters. The molecular formula is C22H34N6S. The van der Waals surface area contributed by atoms with Crippen molar-refractivity contribution >= 4 is 23.1 Å². The highest BCUT2D eigenvalue weighted by Gasteiger charge is 2.31. The first-order valence-electron chi connectivity index (χ1n) is 10.5. The van der Waals surface area contributed by atoms with E-state index in [4.69, 9.17) is 4.99 Å². The Morgan fingerprint density at radius 2 is 2.17 bits per heavy atom. The summed E-state index contributed by atoms with van der Waals surface area (Å²) in [5.41, 5.74) is 1.13. The van der Waals surface area contributed by atoms with Gasteiger partial charge in [-0.15, -0.1) is 11.3 Å². The predicted molar refractivity (Wildman–Crippen MR) is 124 cm³/mol. The van der Waals surface area contributed by atoms with E-state index in [1.807, 2.05) is 42.6 Å². The van der Waals surface area contributed by atoms with E-state index in [0.717, 1.165) is 30.4 Å². The number of aliphatic imine (C=N–C) groups is 1. The van der Waals surface area contributed by atoms with Crippen molar-refractivity contribution in [3.63, 3.8) is 0 Å². The van der Waals surface area contributed by atoms with E-state index in [1.165, 1.54) is 24.3 Å². The third kappa shape index (κ3) is 5.70. The van der Waals surface area contributed by atoms with E-state index in [2.05, 4.69) is 58.1 Å². The molecule has 0 aliphatic carbocycles. The average molecular weight is 415 g/mol. The minimum Gasteiger partial charge on any atom is -0.362 e. The van der Waals surface area contributed by atoms with Crippen LogP contribution in [0.4, 0.5) is 5.82 Å². The van der Waals surface area contributed by atoms with Gasteiger partial charge in [-0.2, -0.15) is 0 Å². The molecule has 6 nitrogen and oxygen atoms in total. The molecule has 29 heavy (non-hydrogen) atoms. The third-order valence-corrected chi connectivity index (χ3v) is 6.36. The Hall–Kier alpha value is -2.12. The van der Waals surface area contributed by atoms with Gasteiger partial charge in [0, 0.05) is 49.9 Å². The topological polar surface area (TPSA) is 55.8 Å². The normalized spacial score (nSPS) is 20.5. The number of guanidine groups is 1. The van der Waals surface area contributed by atoms with E-state index < -0.39 is 0 Å². The predicted octanol–water partition coefficient (Wildman–Crippen LogP) is 3.35. The molecule has 158 valence electrons. The number of aromatic nitrogens is 1. The van der Waals surface area contributed by atoms with Gasteiger partial charge in [0.15, 0.2) is 5.96 Å². The lowest BCUT2D eigenvalue weighted by atomic mass is 9.88. The summed E-state index contributed by atoms with van der Waals surface area (Å²) >= 11 is 1.87. The number of likely N-dealkylation sites (tertiary alicyclic amines) is 1. The highest BCUT2D eigenvalue weighted by atomic mass is 32.1. The van der Waals surface area contributed by atoms with Crippen LogP contribution in [0.2, 0.25) is 0 Å². The quantitative estimate of drug-likeness (QED) is 0.538. The molecule has 0 radical (unpaired) electrons. The number of anilines is 1. The lowest BCUT2D eigenvalue weighted by molar-refractivity contribution is 0.125. The zero-order valence-electron chi connectivity index (χ0n) is 18.1. The Balaban J connectivity index is 1.68. The van der Waals surface area contributed by atoms with Crippen LogP contribution in [0.15, 0.2) is 40.8 Å². The maximum Gasteiger partial charge on any atom is 0.191 e. The number of hydrogen-bond donors (Lipinski definition) is 2. The molecule has 1 fully saturated rings. The molecule has 2 aromatic heterocycles. The molecule has 0 bridgehead atoms. The van der Waals surface area contributed by atoms with Crippen molar-refractivity contribution in [2.75, 3.05) is 45.7 Å². The van der Waals surface area contributed by atoms with Crippen LogP contribution in [-0.2, 0) is 6.54 Å². The molecule has 1 saturated heterocycles. The Bertz CT molecular complexity index is 773. The van der Waals surface area contributed by atoms with Crippen LogP contribution in [0.1, 0.15) is 36.2 Å². The van der Waals surface area contributed by atoms with E-state index in [9.17, 15) is 0 Å². The molecule has 7 heteroatoms. The Kier molecular flexibility index (Phi) is 7.89. The highest BCUT2D eigenvalue weighted by molar-refractivity contribution is 7.10. The average Bonchev–Trinajstić information content (AvgIpc) is 3.24. The van der Waals surface area contributed by atoms with Crippen molar-refractivity contribution in [2.24, 2.45) is 10.9 Å². The van der Waals surface area contributed by atoms with E-state index in [1.54, 1.807) is 0 Å². The Morgan fingerprint density at radius 3 is 2.90 bits per heavy atom. The second kappa shape index (κ2) is 10.6. The first-order valence-corrected chi connectivity index (χ1v) is 11.3. The van der Waals surface area contributed by atoms with Gasteiger partial charge in [-0.05, 0) is 56.8 Å². The molecule has 2 N–H and O–H groups in total. The zero-order valence-corrected chi connectivity index (χ0v) is 18.9. The number of thiophene rings is 1. The second-order valence-corrected chi connectivity index (χ2v) is 8.78. The number of nitrogens with one attached hydrogen (secondary N) is 2. The molecular weight excluding hydrogens is 380 g/mol. The summed E-state index contributed by atoms with van der Waals surface area (Å²) in [6.07, 6.45) is 4.32. The molecule has 0 aromatic carbocycles. The minimum atomic E-state index is 0.484. The van der Waals surface area contributed by atoms with Crippen LogP contribution < -0.4 is 15.5 Å². The smallest absolute Gasteiger partial charge is 0.191 e. The molecule has 0 spiro atoms. The molecule has 2 unspecified atom stereocenters. The van der Waals surface area contributed by atoms with Gasteiger partial charge in [0.2, 0.25) is 0 Å². The van der Waals surface area contributed by atoms with Crippen molar-refractivity contribution < 1.29 is 0 Å². The monoisotopic (exact) mass is 414 g/mol. The van der Waals surface area contributed by atoms with E-state index in [0.29, 0.717) is 18.5 Å². The van der Waals surface area contributed by atoms with Crippen LogP contribution in [0.5, 0.6) is 0 Å². The number of rotatable bonds is 7. The van der Waals surface area contributed by atoms with E-state index >= 15 is 0 Å². The second-order valence-electron chi connectivity index (χ2n) is 7.80. The van der Waals surface area contributed by atoms with Gasteiger partial charge in [-0.3, -0.25) is 4.90 Å². The summed E-state index contributed by atoms with van der Waals surface area (Å²) in [6, 6.07) is 8.99. The van der Waals surface area contributed by atoms with Crippen LogP contribution in [-0.4, -0.2) is 56.6 Å². The first kappa shape index (κ1) is 21.6. The molecule has 0 saturated carbocycles. The van der Waals surface area contributed by atoms with Crippen LogP contribution in [0.25, 0.3) is 0 Å². The van der Waals surface area contributed by atoms with Crippen molar-refractivity contribution in [2.45, 2.75) is 32.4 Å². The standard InChI is InChI=1S/C22H34N6S/c1-5-23-22(26-16-18-9-6-12-24-21(18)27(2)3)25-15-17-10-7-13-28(4)20(17)19-11-8-14-29-19/h6,8-9,11-12,14,17,20H,5,7,10,13,15-16H2,1-4H3,(H2,23,25,26). The molecule has 3 rings (SSSR count). The van der Waals surface area contributed by atoms with Gasteiger partial charge in [-0.1, -0.05) is 12.1 Å². The lowest BCUT2D eigenvalue weighted by Gasteiger charge is -2.39. The zero-order chi connectivity index (χ0) is 20.6. The fraction of sp³-hybridized carbons (Fsp3) is 0.545. The Morgan fingerprint density at radius 1 is 1.31 bits per heavy atom. The van der Waals surface area contributed by atoms with Crippen molar-refractivity contribution in [3.05, 3.63) is 46.3 Å². The number of piperidine rings is 1. The summed E-state index contributed by atoms with van der Waals surface area (Å²) in [6.45, 7) is 5.65. The van der Waals surface area contributed by atoms with Gasteiger partial charge in [0.05, 0.1) is 6.54 Å². The third-order valence-electron chi connectivity index (χ3n) is 5.42. The van der Waals surface area contributed by atoms with Gasteiger partial charge in [-0.25, -0.2) is 9.98 Å². The maximum absolute atomic E-state index is 4.83. The number of pyridine rings is 1. The molecule has 3 heterocycles. The Labute approximate surface area is 179 Å². The van der Waals surface area contributed by atoms with E-state index in [-0.39, 0.29) is 0 Å². The summed E-state index contributed by atoms with van der Waals surface area (Å²) in [5, 5.41) is 9.19. The van der Waals surface area contributed by atoms with Gasteiger partial charge >= 0.3 is 0 Å². The number of hydrogen-bond acceptors (Lipinski definition) is 5. The lowest BCUT2D eigenvalue weighted by Crippen LogP contribution is -2.44. The summed E-state index contributed by atoms with van der Waals surface area (Å²) < 4.78 is 0. The molecule has 2 aromatic rings. The van der Waals surface area contributed by atoms with Gasteiger partial charge < -0.3 is 15.5 Å². The van der Waals surface area contributed by atoms with Crippen LogP contribution in [0, 0.1) is 5.92 Å². The first-order chi connectivity index (χ1) is 14.1. The summed E-state index contributed by atoms with van der Waals surface area (Å²) in [5.74, 6) is 2.42. The van der Waals surface area contributed by atoms with Crippen molar-refractivity contribution in [1.29, 1.82) is 0 Å². The van der Waals surface area contributed by atoms with Crippen molar-refractivity contribution in [3.8, 4) is 0 Å². The van der Waals surface area contributed by atoms with Crippen LogP contribution in [0.3, 0.4) is 0 Å². The minimum absolute atomic E-state index is 0.484. The van der Waals surface area contributed by atoms with Crippen molar-refractivity contribution in [1.82, 2.24) is 20.5 Å². The molecule has 1 aliphatic rings. The number of nitrogens with zero attached hydrogens (tertiary/aromatic N) is 4. The maximum atomic E-state index is 4.83. The molecule has 0 amide bonds. The fourth-order valence-electron chi connectivity index (χ4n) is 4.07. The highest BCUT2D eigenvalue weighted by Crippen LogP contribution is 2.36. The van der Waals surface area contributed by atoms with Gasteiger partial charge in [0.25, 0.3) is 0 Å². The van der Waals surface area contributed by atoms with Crippen LogP contribution >= 0.6 is 11.3 Å². The summed E-state index contributed by atoms with van der Waals surface area (Å²) in [4.78, 5) is 15.3. The summed E-state index contributed by atoms with van der Waals surface area (Å²) in [7, 11) is 6.29. The SMILES string of the molecule is CCNC(=NCc1cccnc1N(C)C)NCC1CCCN(C)C1c1cccs1.